The number of pyridine rings is 1. The number of ether oxygens (including phenoxy) is 1. The van der Waals surface area contributed by atoms with E-state index in [2.05, 4.69) is 20.5 Å². The van der Waals surface area contributed by atoms with Crippen LogP contribution in [0.1, 0.15) is 33.1 Å². The van der Waals surface area contributed by atoms with E-state index >= 15 is 0 Å². The Morgan fingerprint density at radius 2 is 2.09 bits per heavy atom. The molecule has 1 amide bonds. The summed E-state index contributed by atoms with van der Waals surface area (Å²) in [6, 6.07) is 2.90. The van der Waals surface area contributed by atoms with E-state index < -0.39 is 24.0 Å². The highest BCUT2D eigenvalue weighted by atomic mass is 19.3. The van der Waals surface area contributed by atoms with Gasteiger partial charge in [0.25, 0.3) is 5.89 Å². The van der Waals surface area contributed by atoms with Gasteiger partial charge in [-0.3, -0.25) is 5.32 Å². The number of carbonyl (C=O) groups is 1. The van der Waals surface area contributed by atoms with Gasteiger partial charge in [-0.05, 0) is 32.9 Å². The maximum atomic E-state index is 12.4. The van der Waals surface area contributed by atoms with Gasteiger partial charge in [0.05, 0.1) is 0 Å². The number of nitrogens with one attached hydrogen (secondary N) is 1. The highest BCUT2D eigenvalue weighted by Crippen LogP contribution is 2.24. The number of halogens is 2. The van der Waals surface area contributed by atoms with Crippen LogP contribution in [0.2, 0.25) is 0 Å². The third-order valence-electron chi connectivity index (χ3n) is 2.26. The summed E-state index contributed by atoms with van der Waals surface area (Å²) in [6.07, 6.45) is -2.16. The predicted octanol–water partition coefficient (Wildman–Crippen LogP) is 3.42. The molecule has 0 aliphatic heterocycles. The molecule has 2 aromatic rings. The lowest BCUT2D eigenvalue weighted by Crippen LogP contribution is -2.27. The standard InChI is InChI=1S/C13H14F2N4O3/c1-13(2,3)22-12(20)17-8-6-7(4-5-16-8)10-18-19-11(21-10)9(14)15/h4-6,9H,1-3H3,(H,16,17,20). The van der Waals surface area contributed by atoms with Gasteiger partial charge in [-0.2, -0.15) is 8.78 Å². The largest absolute Gasteiger partial charge is 0.444 e. The van der Waals surface area contributed by atoms with Crippen molar-refractivity contribution >= 4 is 11.9 Å². The van der Waals surface area contributed by atoms with Gasteiger partial charge in [-0.15, -0.1) is 10.2 Å². The van der Waals surface area contributed by atoms with Crippen LogP contribution < -0.4 is 5.32 Å². The van der Waals surface area contributed by atoms with E-state index in [-0.39, 0.29) is 11.7 Å². The smallest absolute Gasteiger partial charge is 0.413 e. The maximum absolute atomic E-state index is 12.4. The number of anilines is 1. The first-order chi connectivity index (χ1) is 10.2. The Kier molecular flexibility index (Phi) is 4.34. The summed E-state index contributed by atoms with van der Waals surface area (Å²) in [5.41, 5.74) is -0.305. The van der Waals surface area contributed by atoms with Crippen LogP contribution in [0.4, 0.5) is 19.4 Å². The molecule has 0 atom stereocenters. The zero-order valence-electron chi connectivity index (χ0n) is 12.1. The molecule has 2 heterocycles. The molecule has 9 heteroatoms. The quantitative estimate of drug-likeness (QED) is 0.934. The number of rotatable bonds is 3. The van der Waals surface area contributed by atoms with Gasteiger partial charge in [-0.1, -0.05) is 0 Å². The SMILES string of the molecule is CC(C)(C)OC(=O)Nc1cc(-c2nnc(C(F)F)o2)ccn1. The maximum Gasteiger partial charge on any atom is 0.413 e. The Morgan fingerprint density at radius 1 is 1.36 bits per heavy atom. The molecule has 0 aliphatic carbocycles. The van der Waals surface area contributed by atoms with Crippen LogP contribution in [-0.4, -0.2) is 26.9 Å². The van der Waals surface area contributed by atoms with Crippen LogP contribution in [0.15, 0.2) is 22.7 Å². The van der Waals surface area contributed by atoms with Gasteiger partial charge in [0.15, 0.2) is 0 Å². The van der Waals surface area contributed by atoms with E-state index in [9.17, 15) is 13.6 Å². The number of aromatic nitrogens is 3. The fourth-order valence-electron chi connectivity index (χ4n) is 1.48. The Labute approximate surface area is 124 Å². The van der Waals surface area contributed by atoms with Crippen molar-refractivity contribution in [2.24, 2.45) is 0 Å². The van der Waals surface area contributed by atoms with Crippen LogP contribution in [0.3, 0.4) is 0 Å². The average molecular weight is 312 g/mol. The minimum absolute atomic E-state index is 0.0926. The van der Waals surface area contributed by atoms with E-state index in [4.69, 9.17) is 9.15 Å². The molecule has 118 valence electrons. The molecule has 0 radical (unpaired) electrons. The molecule has 0 fully saturated rings. The van der Waals surface area contributed by atoms with Crippen molar-refractivity contribution in [2.75, 3.05) is 5.32 Å². The van der Waals surface area contributed by atoms with Crippen molar-refractivity contribution in [2.45, 2.75) is 32.8 Å². The van der Waals surface area contributed by atoms with E-state index in [1.54, 1.807) is 20.8 Å². The third kappa shape index (κ3) is 4.21. The first kappa shape index (κ1) is 15.8. The Morgan fingerprint density at radius 3 is 2.68 bits per heavy atom. The van der Waals surface area contributed by atoms with Crippen LogP contribution in [0, 0.1) is 0 Å². The lowest BCUT2D eigenvalue weighted by molar-refractivity contribution is 0.0635. The van der Waals surface area contributed by atoms with E-state index in [0.717, 1.165) is 0 Å². The van der Waals surface area contributed by atoms with Crippen LogP contribution in [0.25, 0.3) is 11.5 Å². The highest BCUT2D eigenvalue weighted by Gasteiger charge is 2.19. The fraction of sp³-hybridized carbons (Fsp3) is 0.385. The second-order valence-corrected chi connectivity index (χ2v) is 5.30. The van der Waals surface area contributed by atoms with Gasteiger partial charge < -0.3 is 9.15 Å². The minimum Gasteiger partial charge on any atom is -0.444 e. The minimum atomic E-state index is -2.84. The molecule has 22 heavy (non-hydrogen) atoms. The van der Waals surface area contributed by atoms with Crippen molar-refractivity contribution < 1.29 is 22.7 Å². The molecular formula is C13H14F2N4O3. The Bertz CT molecular complexity index is 667. The average Bonchev–Trinajstić information content (AvgIpc) is 2.86. The number of nitrogens with zero attached hydrogens (tertiary/aromatic N) is 3. The van der Waals surface area contributed by atoms with Crippen molar-refractivity contribution in [3.05, 3.63) is 24.2 Å². The zero-order valence-corrected chi connectivity index (χ0v) is 12.1. The number of hydrogen-bond acceptors (Lipinski definition) is 6. The number of alkyl halides is 2. The van der Waals surface area contributed by atoms with Crippen LogP contribution in [-0.2, 0) is 4.74 Å². The van der Waals surface area contributed by atoms with E-state index in [1.807, 2.05) is 0 Å². The van der Waals surface area contributed by atoms with Crippen molar-refractivity contribution in [3.63, 3.8) is 0 Å². The number of carbonyl (C=O) groups excluding carboxylic acids is 1. The monoisotopic (exact) mass is 312 g/mol. The van der Waals surface area contributed by atoms with Gasteiger partial charge >= 0.3 is 12.5 Å². The van der Waals surface area contributed by atoms with E-state index in [1.165, 1.54) is 18.3 Å². The van der Waals surface area contributed by atoms with Gasteiger partial charge in [0.1, 0.15) is 11.4 Å². The summed E-state index contributed by atoms with van der Waals surface area (Å²) in [4.78, 5) is 15.6. The first-order valence-electron chi connectivity index (χ1n) is 6.32. The number of hydrogen-bond donors (Lipinski definition) is 1. The van der Waals surface area contributed by atoms with Gasteiger partial charge in [0.2, 0.25) is 5.89 Å². The molecule has 7 nitrogen and oxygen atoms in total. The molecule has 2 rings (SSSR count). The lowest BCUT2D eigenvalue weighted by atomic mass is 10.2. The van der Waals surface area contributed by atoms with Crippen molar-refractivity contribution in [1.82, 2.24) is 15.2 Å². The van der Waals surface area contributed by atoms with Crippen LogP contribution >= 0.6 is 0 Å². The molecule has 0 aliphatic rings. The molecule has 2 aromatic heterocycles. The normalized spacial score (nSPS) is 11.5. The van der Waals surface area contributed by atoms with Crippen molar-refractivity contribution in [1.29, 1.82) is 0 Å². The second-order valence-electron chi connectivity index (χ2n) is 5.30. The first-order valence-corrected chi connectivity index (χ1v) is 6.32. The highest BCUT2D eigenvalue weighted by molar-refractivity contribution is 5.84. The molecule has 0 bridgehead atoms. The predicted molar refractivity (Wildman–Crippen MR) is 72.3 cm³/mol. The van der Waals surface area contributed by atoms with E-state index in [0.29, 0.717) is 5.56 Å². The van der Waals surface area contributed by atoms with Gasteiger partial charge in [0, 0.05) is 11.8 Å². The molecular weight excluding hydrogens is 298 g/mol. The zero-order chi connectivity index (χ0) is 16.3. The summed E-state index contributed by atoms with van der Waals surface area (Å²) >= 11 is 0. The van der Waals surface area contributed by atoms with Gasteiger partial charge in [-0.25, -0.2) is 9.78 Å². The molecule has 0 saturated heterocycles. The number of amides is 1. The molecule has 1 N–H and O–H groups in total. The molecule has 0 spiro atoms. The Hall–Kier alpha value is -2.58. The molecule has 0 saturated carbocycles. The summed E-state index contributed by atoms with van der Waals surface area (Å²) in [5, 5.41) is 9.18. The third-order valence-corrected chi connectivity index (χ3v) is 2.26. The lowest BCUT2D eigenvalue weighted by Gasteiger charge is -2.19. The summed E-state index contributed by atoms with van der Waals surface area (Å²) in [5.74, 6) is -0.693. The second kappa shape index (κ2) is 6.04. The summed E-state index contributed by atoms with van der Waals surface area (Å²) in [6.45, 7) is 5.17. The summed E-state index contributed by atoms with van der Waals surface area (Å²) < 4.78 is 34.8. The molecule has 0 unspecified atom stereocenters. The topological polar surface area (TPSA) is 90.1 Å². The van der Waals surface area contributed by atoms with Crippen LogP contribution in [0.5, 0.6) is 0 Å². The van der Waals surface area contributed by atoms with Crippen molar-refractivity contribution in [3.8, 4) is 11.5 Å². The Balaban J connectivity index is 2.14. The fourth-order valence-corrected chi connectivity index (χ4v) is 1.48. The summed E-state index contributed by atoms with van der Waals surface area (Å²) in [7, 11) is 0. The molecule has 0 aromatic carbocycles.